The number of halogens is 1. The largest absolute Gasteiger partial charge is 0.324 e. The van der Waals surface area contributed by atoms with Gasteiger partial charge in [0.2, 0.25) is 11.1 Å². The molecule has 0 saturated heterocycles. The molecule has 0 bridgehead atoms. The van der Waals surface area contributed by atoms with Crippen LogP contribution in [0.1, 0.15) is 0 Å². The van der Waals surface area contributed by atoms with Crippen molar-refractivity contribution in [2.75, 3.05) is 11.6 Å². The lowest BCUT2D eigenvalue weighted by atomic mass is 10.3. The van der Waals surface area contributed by atoms with Gasteiger partial charge in [0.15, 0.2) is 5.16 Å². The second-order valence-corrected chi connectivity index (χ2v) is 5.22. The average Bonchev–Trinajstić information content (AvgIpc) is 2.41. The first-order valence-corrected chi connectivity index (χ1v) is 7.52. The molecule has 2 rings (SSSR count). The molecule has 8 heteroatoms. The van der Waals surface area contributed by atoms with Crippen LogP contribution in [0.3, 0.4) is 0 Å². The number of hydrogen-bond acceptors (Lipinski definition) is 7. The van der Waals surface area contributed by atoms with Gasteiger partial charge in [-0.05, 0) is 30.5 Å². The van der Waals surface area contributed by atoms with Crippen LogP contribution in [-0.2, 0) is 0 Å². The van der Waals surface area contributed by atoms with E-state index in [1.165, 1.54) is 11.8 Å². The van der Waals surface area contributed by atoms with E-state index >= 15 is 0 Å². The summed E-state index contributed by atoms with van der Waals surface area (Å²) in [6, 6.07) is 7.18. The van der Waals surface area contributed by atoms with E-state index in [1.54, 1.807) is 12.1 Å². The van der Waals surface area contributed by atoms with E-state index < -0.39 is 0 Å². The first kappa shape index (κ1) is 13.9. The number of nitrogens with zero attached hydrogens (tertiary/aromatic N) is 4. The minimum Gasteiger partial charge on any atom is -0.324 e. The second kappa shape index (κ2) is 6.61. The fraction of sp³-hybridized carbons (Fsp3) is 0.0909. The lowest BCUT2D eigenvalue weighted by Crippen LogP contribution is -2.01. The Morgan fingerprint density at radius 2 is 1.84 bits per heavy atom. The minimum absolute atomic E-state index is 0.373. The number of thiocyanates is 1. The Kier molecular flexibility index (Phi) is 4.85. The zero-order chi connectivity index (χ0) is 13.7. The monoisotopic (exact) mass is 309 g/mol. The summed E-state index contributed by atoms with van der Waals surface area (Å²) in [5.41, 5.74) is 0.815. The Bertz CT molecular complexity index is 611. The van der Waals surface area contributed by atoms with E-state index in [-0.39, 0.29) is 0 Å². The van der Waals surface area contributed by atoms with Gasteiger partial charge in [0.05, 0.1) is 0 Å². The van der Waals surface area contributed by atoms with Gasteiger partial charge in [0.1, 0.15) is 5.40 Å². The molecule has 1 N–H and O–H groups in total. The second-order valence-electron chi connectivity index (χ2n) is 3.25. The predicted octanol–water partition coefficient (Wildman–Crippen LogP) is 3.56. The molecule has 1 aromatic carbocycles. The fourth-order valence-electron chi connectivity index (χ4n) is 1.23. The van der Waals surface area contributed by atoms with Gasteiger partial charge in [-0.1, -0.05) is 23.4 Å². The Morgan fingerprint density at radius 3 is 2.47 bits per heavy atom. The Morgan fingerprint density at radius 1 is 1.16 bits per heavy atom. The number of nitrogens with one attached hydrogen (secondary N) is 1. The lowest BCUT2D eigenvalue weighted by Gasteiger charge is -2.06. The van der Waals surface area contributed by atoms with Crippen molar-refractivity contribution in [3.05, 3.63) is 29.3 Å². The summed E-state index contributed by atoms with van der Waals surface area (Å²) in [6.07, 6.45) is 1.86. The van der Waals surface area contributed by atoms with Crippen LogP contribution in [0.4, 0.5) is 11.6 Å². The zero-order valence-corrected chi connectivity index (χ0v) is 12.2. The van der Waals surface area contributed by atoms with Crippen molar-refractivity contribution >= 4 is 46.8 Å². The van der Waals surface area contributed by atoms with Gasteiger partial charge in [0, 0.05) is 22.5 Å². The Hall–Kier alpha value is -1.49. The van der Waals surface area contributed by atoms with Gasteiger partial charge in [-0.3, -0.25) is 0 Å². The van der Waals surface area contributed by atoms with E-state index in [1.807, 2.05) is 23.8 Å². The first-order valence-electron chi connectivity index (χ1n) is 5.10. The summed E-state index contributed by atoms with van der Waals surface area (Å²) in [5, 5.41) is 15.2. The minimum atomic E-state index is 0.373. The number of benzene rings is 1. The molecular formula is C11H8ClN5S2. The number of anilines is 2. The average molecular weight is 310 g/mol. The quantitative estimate of drug-likeness (QED) is 0.683. The summed E-state index contributed by atoms with van der Waals surface area (Å²) >= 11 is 8.11. The molecule has 1 aromatic heterocycles. The number of rotatable bonds is 4. The van der Waals surface area contributed by atoms with E-state index in [4.69, 9.17) is 16.9 Å². The maximum Gasteiger partial charge on any atom is 0.232 e. The number of nitriles is 1. The molecule has 96 valence electrons. The maximum atomic E-state index is 8.67. The van der Waals surface area contributed by atoms with Gasteiger partial charge in [0.25, 0.3) is 0 Å². The molecule has 0 spiro atoms. The molecule has 0 radical (unpaired) electrons. The normalized spacial score (nSPS) is 9.95. The molecule has 0 unspecified atom stereocenters. The van der Waals surface area contributed by atoms with Gasteiger partial charge in [-0.15, -0.1) is 0 Å². The molecule has 0 amide bonds. The summed E-state index contributed by atoms with van der Waals surface area (Å²) in [7, 11) is 0. The van der Waals surface area contributed by atoms with E-state index in [0.717, 1.165) is 17.4 Å². The van der Waals surface area contributed by atoms with Crippen molar-refractivity contribution in [2.24, 2.45) is 0 Å². The molecule has 0 saturated carbocycles. The van der Waals surface area contributed by atoms with Gasteiger partial charge in [-0.2, -0.15) is 20.2 Å². The van der Waals surface area contributed by atoms with Crippen molar-refractivity contribution in [2.45, 2.75) is 10.3 Å². The van der Waals surface area contributed by atoms with E-state index in [0.29, 0.717) is 21.3 Å². The summed E-state index contributed by atoms with van der Waals surface area (Å²) in [4.78, 5) is 12.5. The highest BCUT2D eigenvalue weighted by Crippen LogP contribution is 2.21. The van der Waals surface area contributed by atoms with Crippen molar-refractivity contribution in [3.63, 3.8) is 0 Å². The molecule has 2 aromatic rings. The van der Waals surface area contributed by atoms with Crippen LogP contribution in [0.5, 0.6) is 0 Å². The predicted molar refractivity (Wildman–Crippen MR) is 77.8 cm³/mol. The lowest BCUT2D eigenvalue weighted by molar-refractivity contribution is 0.813. The zero-order valence-electron chi connectivity index (χ0n) is 9.79. The molecule has 0 atom stereocenters. The van der Waals surface area contributed by atoms with Gasteiger partial charge < -0.3 is 5.32 Å². The first-order chi connectivity index (χ1) is 9.21. The summed E-state index contributed by atoms with van der Waals surface area (Å²) in [5.74, 6) is 0.402. The third-order valence-electron chi connectivity index (χ3n) is 2.01. The molecule has 0 aliphatic rings. The third-order valence-corrected chi connectivity index (χ3v) is 3.27. The molecule has 1 heterocycles. The van der Waals surface area contributed by atoms with Crippen LogP contribution >= 0.6 is 35.1 Å². The molecule has 0 fully saturated rings. The SMILES string of the molecule is CSc1nc(Nc2ccc(Cl)cc2)nc(SC#N)n1. The van der Waals surface area contributed by atoms with Crippen molar-refractivity contribution in [1.29, 1.82) is 5.26 Å². The summed E-state index contributed by atoms with van der Waals surface area (Å²) < 4.78 is 0. The third kappa shape index (κ3) is 3.99. The van der Waals surface area contributed by atoms with Gasteiger partial charge in [-0.25, -0.2) is 0 Å². The molecule has 0 aliphatic heterocycles. The molecular weight excluding hydrogens is 302 g/mol. The Balaban J connectivity index is 2.26. The highest BCUT2D eigenvalue weighted by atomic mass is 35.5. The van der Waals surface area contributed by atoms with E-state index in [9.17, 15) is 0 Å². The highest BCUT2D eigenvalue weighted by molar-refractivity contribution is 8.03. The van der Waals surface area contributed by atoms with Crippen LogP contribution in [0.15, 0.2) is 34.6 Å². The van der Waals surface area contributed by atoms with Crippen LogP contribution in [0.25, 0.3) is 0 Å². The number of aromatic nitrogens is 3. The maximum absolute atomic E-state index is 8.67. The van der Waals surface area contributed by atoms with Crippen LogP contribution in [-0.4, -0.2) is 21.2 Å². The summed E-state index contributed by atoms with van der Waals surface area (Å²) in [6.45, 7) is 0. The van der Waals surface area contributed by atoms with Crippen molar-refractivity contribution in [1.82, 2.24) is 15.0 Å². The standard InChI is InChI=1S/C11H8ClN5S2/c1-18-10-15-9(16-11(17-10)19-6-13)14-8-4-2-7(12)3-5-8/h2-5H,1H3,(H,14,15,16,17). The smallest absolute Gasteiger partial charge is 0.232 e. The van der Waals surface area contributed by atoms with Crippen molar-refractivity contribution in [3.8, 4) is 5.40 Å². The topological polar surface area (TPSA) is 74.5 Å². The van der Waals surface area contributed by atoms with Crippen LogP contribution in [0, 0.1) is 10.7 Å². The fourth-order valence-corrected chi connectivity index (χ4v) is 2.12. The van der Waals surface area contributed by atoms with Crippen LogP contribution in [0.2, 0.25) is 5.02 Å². The van der Waals surface area contributed by atoms with Crippen molar-refractivity contribution < 1.29 is 0 Å². The highest BCUT2D eigenvalue weighted by Gasteiger charge is 2.06. The van der Waals surface area contributed by atoms with Gasteiger partial charge >= 0.3 is 0 Å². The van der Waals surface area contributed by atoms with E-state index in [2.05, 4.69) is 20.3 Å². The molecule has 0 aliphatic carbocycles. The number of hydrogen-bond donors (Lipinski definition) is 1. The molecule has 19 heavy (non-hydrogen) atoms. The number of thioether (sulfide) groups is 2. The molecule has 5 nitrogen and oxygen atoms in total. The van der Waals surface area contributed by atoms with Crippen LogP contribution < -0.4 is 5.32 Å². The Labute approximate surface area is 123 Å².